The molecule has 0 saturated carbocycles. The van der Waals surface area contributed by atoms with E-state index in [1.165, 1.54) is 5.56 Å². The number of nitrogens with one attached hydrogen (secondary N) is 1. The van der Waals surface area contributed by atoms with E-state index in [2.05, 4.69) is 24.4 Å². The first-order chi connectivity index (χ1) is 10.0. The molecule has 1 aliphatic rings. The van der Waals surface area contributed by atoms with Crippen LogP contribution in [0.3, 0.4) is 0 Å². The van der Waals surface area contributed by atoms with E-state index in [4.69, 9.17) is 14.2 Å². The highest BCUT2D eigenvalue weighted by atomic mass is 16.5. The zero-order valence-corrected chi connectivity index (χ0v) is 13.5. The van der Waals surface area contributed by atoms with Crippen LogP contribution in [0.5, 0.6) is 5.75 Å². The molecule has 1 aliphatic heterocycles. The molecule has 1 aromatic rings. The van der Waals surface area contributed by atoms with Gasteiger partial charge in [0.25, 0.3) is 0 Å². The second kappa shape index (κ2) is 7.25. The molecular weight excluding hydrogens is 266 g/mol. The van der Waals surface area contributed by atoms with Gasteiger partial charge in [-0.25, -0.2) is 0 Å². The molecule has 2 unspecified atom stereocenters. The summed E-state index contributed by atoms with van der Waals surface area (Å²) >= 11 is 0. The first kappa shape index (κ1) is 16.3. The minimum Gasteiger partial charge on any atom is -0.491 e. The van der Waals surface area contributed by atoms with Crippen molar-refractivity contribution in [3.63, 3.8) is 0 Å². The topological polar surface area (TPSA) is 39.7 Å². The zero-order valence-electron chi connectivity index (χ0n) is 13.5. The minimum atomic E-state index is -0.172. The molecule has 0 spiro atoms. The molecule has 2 atom stereocenters. The van der Waals surface area contributed by atoms with Gasteiger partial charge in [-0.05, 0) is 38.5 Å². The van der Waals surface area contributed by atoms with E-state index in [0.29, 0.717) is 6.61 Å². The quantitative estimate of drug-likeness (QED) is 0.839. The number of methoxy groups -OCH3 is 1. The summed E-state index contributed by atoms with van der Waals surface area (Å²) in [6.45, 7) is 8.49. The molecule has 1 saturated heterocycles. The number of hydrogen-bond donors (Lipinski definition) is 1. The Morgan fingerprint density at radius 2 is 1.95 bits per heavy atom. The number of benzene rings is 1. The molecule has 0 aliphatic carbocycles. The van der Waals surface area contributed by atoms with Crippen LogP contribution in [0.15, 0.2) is 24.3 Å². The first-order valence-corrected chi connectivity index (χ1v) is 7.67. The van der Waals surface area contributed by atoms with Gasteiger partial charge in [-0.15, -0.1) is 0 Å². The maximum atomic E-state index is 5.67. The average molecular weight is 293 g/mol. The van der Waals surface area contributed by atoms with Gasteiger partial charge in [-0.3, -0.25) is 0 Å². The maximum absolute atomic E-state index is 5.67. The molecule has 0 radical (unpaired) electrons. The van der Waals surface area contributed by atoms with Crippen molar-refractivity contribution >= 4 is 0 Å². The van der Waals surface area contributed by atoms with E-state index < -0.39 is 0 Å². The van der Waals surface area contributed by atoms with Crippen molar-refractivity contribution in [2.75, 3.05) is 26.9 Å². The summed E-state index contributed by atoms with van der Waals surface area (Å²) in [5.74, 6) is 0.915. The molecule has 1 heterocycles. The third kappa shape index (κ3) is 4.43. The largest absolute Gasteiger partial charge is 0.491 e. The Morgan fingerprint density at radius 1 is 1.24 bits per heavy atom. The smallest absolute Gasteiger partial charge is 0.119 e. The average Bonchev–Trinajstić information content (AvgIpc) is 2.94. The maximum Gasteiger partial charge on any atom is 0.119 e. The summed E-state index contributed by atoms with van der Waals surface area (Å²) in [6, 6.07) is 8.54. The van der Waals surface area contributed by atoms with Gasteiger partial charge in [0.05, 0.1) is 12.7 Å². The van der Waals surface area contributed by atoms with Crippen molar-refractivity contribution in [1.29, 1.82) is 0 Å². The summed E-state index contributed by atoms with van der Waals surface area (Å²) in [5, 5.41) is 3.55. The van der Waals surface area contributed by atoms with Crippen molar-refractivity contribution in [1.82, 2.24) is 5.32 Å². The van der Waals surface area contributed by atoms with Gasteiger partial charge in [0.15, 0.2) is 0 Å². The highest BCUT2D eigenvalue weighted by molar-refractivity contribution is 5.29. The highest BCUT2D eigenvalue weighted by Crippen LogP contribution is 2.24. The monoisotopic (exact) mass is 293 g/mol. The molecule has 0 amide bonds. The van der Waals surface area contributed by atoms with Crippen molar-refractivity contribution in [2.45, 2.75) is 44.9 Å². The summed E-state index contributed by atoms with van der Waals surface area (Å²) in [7, 11) is 1.76. The van der Waals surface area contributed by atoms with E-state index in [9.17, 15) is 0 Å². The second-order valence-corrected chi connectivity index (χ2v) is 6.03. The fourth-order valence-electron chi connectivity index (χ4n) is 2.53. The lowest BCUT2D eigenvalue weighted by Gasteiger charge is -2.28. The SMILES string of the molecule is COC1(CNC(C)c2ccc(OC(C)C)cc2)CCOC1. The summed E-state index contributed by atoms with van der Waals surface area (Å²) in [4.78, 5) is 0. The van der Waals surface area contributed by atoms with Crippen molar-refractivity contribution in [2.24, 2.45) is 0 Å². The molecule has 118 valence electrons. The van der Waals surface area contributed by atoms with Crippen LogP contribution in [0, 0.1) is 0 Å². The van der Waals surface area contributed by atoms with Crippen LogP contribution >= 0.6 is 0 Å². The van der Waals surface area contributed by atoms with Gasteiger partial charge >= 0.3 is 0 Å². The predicted molar refractivity (Wildman–Crippen MR) is 83.8 cm³/mol. The van der Waals surface area contributed by atoms with Crippen LogP contribution in [0.2, 0.25) is 0 Å². The van der Waals surface area contributed by atoms with Crippen LogP contribution in [-0.4, -0.2) is 38.6 Å². The van der Waals surface area contributed by atoms with Crippen molar-refractivity contribution in [3.05, 3.63) is 29.8 Å². The van der Waals surface area contributed by atoms with Crippen LogP contribution in [0.1, 0.15) is 38.8 Å². The molecule has 1 fully saturated rings. The Morgan fingerprint density at radius 3 is 2.48 bits per heavy atom. The molecular formula is C17H27NO3. The fourth-order valence-corrected chi connectivity index (χ4v) is 2.53. The van der Waals surface area contributed by atoms with Crippen LogP contribution in [-0.2, 0) is 9.47 Å². The minimum absolute atomic E-state index is 0.172. The van der Waals surface area contributed by atoms with E-state index in [1.54, 1.807) is 7.11 Å². The molecule has 21 heavy (non-hydrogen) atoms. The molecule has 4 heteroatoms. The van der Waals surface area contributed by atoms with E-state index in [1.807, 2.05) is 26.0 Å². The third-order valence-electron chi connectivity index (χ3n) is 3.98. The number of rotatable bonds is 7. The standard InChI is InChI=1S/C17H27NO3/c1-13(2)21-16-7-5-15(6-8-16)14(3)18-11-17(19-4)9-10-20-12-17/h5-8,13-14,18H,9-12H2,1-4H3. The normalized spacial score (nSPS) is 23.5. The van der Waals surface area contributed by atoms with Crippen LogP contribution in [0.4, 0.5) is 0 Å². The lowest BCUT2D eigenvalue weighted by atomic mass is 10.0. The molecule has 4 nitrogen and oxygen atoms in total. The Bertz CT molecular complexity index is 424. The lowest BCUT2D eigenvalue weighted by molar-refractivity contribution is -0.0172. The summed E-state index contributed by atoms with van der Waals surface area (Å²) in [5.41, 5.74) is 1.07. The van der Waals surface area contributed by atoms with Gasteiger partial charge in [-0.2, -0.15) is 0 Å². The highest BCUT2D eigenvalue weighted by Gasteiger charge is 2.34. The van der Waals surface area contributed by atoms with Gasteiger partial charge < -0.3 is 19.5 Å². The lowest BCUT2D eigenvalue weighted by Crippen LogP contribution is -2.43. The summed E-state index contributed by atoms with van der Waals surface area (Å²) in [6.07, 6.45) is 1.15. The molecule has 2 rings (SSSR count). The van der Waals surface area contributed by atoms with Crippen molar-refractivity contribution < 1.29 is 14.2 Å². The van der Waals surface area contributed by atoms with Gasteiger partial charge in [0.2, 0.25) is 0 Å². The zero-order chi connectivity index (χ0) is 15.3. The molecule has 0 bridgehead atoms. The van der Waals surface area contributed by atoms with Crippen LogP contribution < -0.4 is 10.1 Å². The van der Waals surface area contributed by atoms with E-state index >= 15 is 0 Å². The van der Waals surface area contributed by atoms with E-state index in [-0.39, 0.29) is 17.7 Å². The second-order valence-electron chi connectivity index (χ2n) is 6.03. The molecule has 1 N–H and O–H groups in total. The fraction of sp³-hybridized carbons (Fsp3) is 0.647. The Labute approximate surface area is 127 Å². The number of ether oxygens (including phenoxy) is 3. The summed E-state index contributed by atoms with van der Waals surface area (Å²) < 4.78 is 16.8. The Kier molecular flexibility index (Phi) is 5.62. The Balaban J connectivity index is 1.89. The predicted octanol–water partition coefficient (Wildman–Crippen LogP) is 2.93. The van der Waals surface area contributed by atoms with E-state index in [0.717, 1.165) is 25.3 Å². The Hall–Kier alpha value is -1.10. The number of hydrogen-bond acceptors (Lipinski definition) is 4. The van der Waals surface area contributed by atoms with Crippen LogP contribution in [0.25, 0.3) is 0 Å². The van der Waals surface area contributed by atoms with Gasteiger partial charge in [0, 0.05) is 32.7 Å². The van der Waals surface area contributed by atoms with Crippen molar-refractivity contribution in [3.8, 4) is 5.75 Å². The van der Waals surface area contributed by atoms with Gasteiger partial charge in [-0.1, -0.05) is 12.1 Å². The molecule has 1 aromatic carbocycles. The van der Waals surface area contributed by atoms with Gasteiger partial charge in [0.1, 0.15) is 11.4 Å². The first-order valence-electron chi connectivity index (χ1n) is 7.67. The molecule has 0 aromatic heterocycles. The third-order valence-corrected chi connectivity index (χ3v) is 3.98.